The number of likely N-dealkylation sites (tertiary alicyclic amines) is 1. The Balaban J connectivity index is 1.93. The number of Topliss-reactive ketones (excluding diaryl/α,β-unsaturated/α-hetero) is 1. The molecule has 2 atom stereocenters. The van der Waals surface area contributed by atoms with E-state index in [-0.39, 0.29) is 18.4 Å². The fourth-order valence-corrected chi connectivity index (χ4v) is 4.54. The van der Waals surface area contributed by atoms with E-state index in [2.05, 4.69) is 9.80 Å². The Morgan fingerprint density at radius 3 is 2.41 bits per heavy atom. The van der Waals surface area contributed by atoms with Gasteiger partial charge in [0.2, 0.25) is 0 Å². The maximum atomic E-state index is 12.5. The van der Waals surface area contributed by atoms with Crippen molar-refractivity contribution in [2.24, 2.45) is 0 Å². The molecule has 2 aliphatic rings. The van der Waals surface area contributed by atoms with E-state index >= 15 is 0 Å². The molecule has 0 radical (unpaired) electrons. The molecular formula is C19H25Cl2N3O3. The Hall–Kier alpha value is -1.34. The monoisotopic (exact) mass is 413 g/mol. The van der Waals surface area contributed by atoms with Gasteiger partial charge in [0.1, 0.15) is 5.78 Å². The first-order valence-electron chi connectivity index (χ1n) is 9.27. The van der Waals surface area contributed by atoms with Gasteiger partial charge in [0.15, 0.2) is 0 Å². The second kappa shape index (κ2) is 8.78. The van der Waals surface area contributed by atoms with Gasteiger partial charge in [-0.15, -0.1) is 0 Å². The number of nitrogens with zero attached hydrogens (tertiary/aromatic N) is 3. The van der Waals surface area contributed by atoms with Gasteiger partial charge in [-0.2, -0.15) is 0 Å². The van der Waals surface area contributed by atoms with Gasteiger partial charge < -0.3 is 14.9 Å². The maximum absolute atomic E-state index is 12.5. The van der Waals surface area contributed by atoms with Crippen LogP contribution in [0, 0.1) is 0 Å². The number of hydrogen-bond acceptors (Lipinski definition) is 5. The van der Waals surface area contributed by atoms with Crippen molar-refractivity contribution in [3.8, 4) is 0 Å². The van der Waals surface area contributed by atoms with Gasteiger partial charge in [-0.3, -0.25) is 14.5 Å². The van der Waals surface area contributed by atoms with E-state index in [4.69, 9.17) is 23.2 Å². The van der Waals surface area contributed by atoms with Crippen LogP contribution in [0.4, 0.5) is 5.69 Å². The van der Waals surface area contributed by atoms with E-state index in [1.807, 2.05) is 12.1 Å². The number of aliphatic carboxylic acids is 1. The zero-order valence-electron chi connectivity index (χ0n) is 15.4. The fraction of sp³-hybridized carbons (Fsp3) is 0.579. The lowest BCUT2D eigenvalue weighted by molar-refractivity contribution is -0.140. The van der Waals surface area contributed by atoms with Crippen molar-refractivity contribution < 1.29 is 14.7 Å². The average molecular weight is 414 g/mol. The van der Waals surface area contributed by atoms with Gasteiger partial charge in [0.25, 0.3) is 0 Å². The summed E-state index contributed by atoms with van der Waals surface area (Å²) in [5, 5.41) is 10.2. The summed E-state index contributed by atoms with van der Waals surface area (Å²) in [6.07, 6.45) is 2.31. The van der Waals surface area contributed by atoms with Crippen LogP contribution in [-0.4, -0.2) is 78.0 Å². The number of hydrogen-bond donors (Lipinski definition) is 1. The largest absolute Gasteiger partial charge is 0.480 e. The molecule has 2 aliphatic heterocycles. The molecule has 27 heavy (non-hydrogen) atoms. The minimum atomic E-state index is -0.913. The summed E-state index contributed by atoms with van der Waals surface area (Å²) in [6, 6.07) is 4.90. The number of anilines is 1. The first-order chi connectivity index (χ1) is 12.9. The van der Waals surface area contributed by atoms with Gasteiger partial charge in [-0.05, 0) is 51.1 Å². The molecule has 0 bridgehead atoms. The predicted molar refractivity (Wildman–Crippen MR) is 107 cm³/mol. The number of carbonyl (C=O) groups excluding carboxylic acids is 1. The Bertz CT molecular complexity index is 709. The van der Waals surface area contributed by atoms with Crippen molar-refractivity contribution in [2.45, 2.75) is 31.8 Å². The minimum Gasteiger partial charge on any atom is -0.480 e. The van der Waals surface area contributed by atoms with Crippen LogP contribution in [0.3, 0.4) is 0 Å². The highest BCUT2D eigenvalue weighted by atomic mass is 35.5. The zero-order chi connectivity index (χ0) is 19.6. The van der Waals surface area contributed by atoms with E-state index in [1.165, 1.54) is 0 Å². The summed E-state index contributed by atoms with van der Waals surface area (Å²) >= 11 is 12.3. The van der Waals surface area contributed by atoms with E-state index in [9.17, 15) is 14.7 Å². The molecule has 1 unspecified atom stereocenters. The molecule has 8 heteroatoms. The molecule has 0 aliphatic carbocycles. The molecule has 0 aromatic heterocycles. The molecule has 2 saturated heterocycles. The lowest BCUT2D eigenvalue weighted by Gasteiger charge is -2.48. The number of benzene rings is 1. The Morgan fingerprint density at radius 2 is 1.81 bits per heavy atom. The molecule has 1 aromatic carbocycles. The van der Waals surface area contributed by atoms with Gasteiger partial charge in [-0.1, -0.05) is 23.2 Å². The second-order valence-electron chi connectivity index (χ2n) is 7.29. The van der Waals surface area contributed by atoms with E-state index in [0.29, 0.717) is 23.1 Å². The van der Waals surface area contributed by atoms with Crippen molar-refractivity contribution in [3.05, 3.63) is 28.2 Å². The van der Waals surface area contributed by atoms with Gasteiger partial charge in [0.05, 0.1) is 28.7 Å². The number of halogens is 2. The Morgan fingerprint density at radius 1 is 1.11 bits per heavy atom. The topological polar surface area (TPSA) is 64.1 Å². The average Bonchev–Trinajstić information content (AvgIpc) is 3.10. The lowest BCUT2D eigenvalue weighted by atomic mass is 9.96. The number of carbonyl (C=O) groups is 2. The highest BCUT2D eigenvalue weighted by Gasteiger charge is 2.41. The van der Waals surface area contributed by atoms with E-state index in [1.54, 1.807) is 17.9 Å². The first kappa shape index (κ1) is 20.4. The van der Waals surface area contributed by atoms with Crippen molar-refractivity contribution >= 4 is 40.6 Å². The van der Waals surface area contributed by atoms with Gasteiger partial charge >= 0.3 is 5.97 Å². The normalized spacial score (nSPS) is 24.3. The number of rotatable bonds is 6. The smallest absolute Gasteiger partial charge is 0.317 e. The van der Waals surface area contributed by atoms with Crippen LogP contribution in [0.25, 0.3) is 0 Å². The van der Waals surface area contributed by atoms with Crippen molar-refractivity contribution in [2.75, 3.05) is 44.2 Å². The highest BCUT2D eigenvalue weighted by molar-refractivity contribution is 6.42. The fourth-order valence-electron chi connectivity index (χ4n) is 4.25. The molecule has 6 nitrogen and oxygen atoms in total. The van der Waals surface area contributed by atoms with E-state index in [0.717, 1.165) is 38.2 Å². The van der Waals surface area contributed by atoms with Crippen LogP contribution in [-0.2, 0) is 9.59 Å². The summed E-state index contributed by atoms with van der Waals surface area (Å²) in [5.74, 6) is -0.922. The predicted octanol–water partition coefficient (Wildman–Crippen LogP) is 2.62. The van der Waals surface area contributed by atoms with Crippen molar-refractivity contribution in [3.63, 3.8) is 0 Å². The van der Waals surface area contributed by atoms with Gasteiger partial charge in [0, 0.05) is 25.3 Å². The number of carboxylic acids is 1. The SMILES string of the molecule is CC(=O)[C@H]1C(CN2CCCC2)N(c2ccc(Cl)c(Cl)c2)CCN1CC(=O)O. The van der Waals surface area contributed by atoms with Crippen LogP contribution in [0.2, 0.25) is 10.0 Å². The zero-order valence-corrected chi connectivity index (χ0v) is 16.9. The third-order valence-corrected chi connectivity index (χ3v) is 6.16. The summed E-state index contributed by atoms with van der Waals surface area (Å²) in [5.41, 5.74) is 0.912. The van der Waals surface area contributed by atoms with E-state index < -0.39 is 12.0 Å². The molecule has 0 saturated carbocycles. The van der Waals surface area contributed by atoms with Crippen LogP contribution in [0.5, 0.6) is 0 Å². The second-order valence-corrected chi connectivity index (χ2v) is 8.10. The number of ketones is 1. The van der Waals surface area contributed by atoms with Crippen molar-refractivity contribution in [1.29, 1.82) is 0 Å². The highest BCUT2D eigenvalue weighted by Crippen LogP contribution is 2.31. The maximum Gasteiger partial charge on any atom is 0.317 e. The van der Waals surface area contributed by atoms with Crippen LogP contribution >= 0.6 is 23.2 Å². The summed E-state index contributed by atoms with van der Waals surface area (Å²) < 4.78 is 0. The molecule has 3 rings (SSSR count). The van der Waals surface area contributed by atoms with Gasteiger partial charge in [-0.25, -0.2) is 0 Å². The third kappa shape index (κ3) is 4.74. The summed E-state index contributed by atoms with van der Waals surface area (Å²) in [6.45, 7) is 5.30. The summed E-state index contributed by atoms with van der Waals surface area (Å²) in [4.78, 5) is 30.2. The summed E-state index contributed by atoms with van der Waals surface area (Å²) in [7, 11) is 0. The minimum absolute atomic E-state index is 0.00907. The first-order valence-corrected chi connectivity index (χ1v) is 10.0. The third-order valence-electron chi connectivity index (χ3n) is 5.42. The standard InChI is InChI=1S/C19H25Cl2N3O3/c1-13(25)19-17(11-22-6-2-3-7-22)24(9-8-23(19)12-18(26)27)14-4-5-15(20)16(21)10-14/h4-5,10,17,19H,2-3,6-9,11-12H2,1H3,(H,26,27)/t17?,19-/m0/s1. The number of carboxylic acid groups (broad SMARTS) is 1. The molecule has 2 heterocycles. The van der Waals surface area contributed by atoms with Crippen LogP contribution in [0.1, 0.15) is 19.8 Å². The molecule has 148 valence electrons. The number of piperazine rings is 1. The molecule has 0 spiro atoms. The Labute approximate surface area is 169 Å². The Kier molecular flexibility index (Phi) is 6.63. The van der Waals surface area contributed by atoms with Crippen molar-refractivity contribution in [1.82, 2.24) is 9.80 Å². The quantitative estimate of drug-likeness (QED) is 0.772. The molecular weight excluding hydrogens is 389 g/mol. The molecule has 1 N–H and O–H groups in total. The molecule has 1 aromatic rings. The van der Waals surface area contributed by atoms with Crippen LogP contribution in [0.15, 0.2) is 18.2 Å². The lowest BCUT2D eigenvalue weighted by Crippen LogP contribution is -2.65. The van der Waals surface area contributed by atoms with Crippen LogP contribution < -0.4 is 4.90 Å². The molecule has 2 fully saturated rings. The molecule has 0 amide bonds.